The van der Waals surface area contributed by atoms with Crippen molar-refractivity contribution in [2.24, 2.45) is 5.73 Å². The maximum Gasteiger partial charge on any atom is 0.138 e. The van der Waals surface area contributed by atoms with Crippen LogP contribution < -0.4 is 15.8 Å². The number of fused-ring (bicyclic) bond motifs is 1. The smallest absolute Gasteiger partial charge is 0.138 e. The number of nitrogens with one attached hydrogen (secondary N) is 2. The summed E-state index contributed by atoms with van der Waals surface area (Å²) in [5.41, 5.74) is 8.84. The van der Waals surface area contributed by atoms with Crippen LogP contribution in [0.25, 0.3) is 22.2 Å². The molecule has 0 amide bonds. The van der Waals surface area contributed by atoms with Crippen LogP contribution in [0.4, 0.5) is 5.82 Å². The topological polar surface area (TPSA) is 88.8 Å². The minimum absolute atomic E-state index is 0.323. The molecule has 0 aliphatic heterocycles. The molecule has 0 spiro atoms. The molecule has 1 saturated carbocycles. The third-order valence-corrected chi connectivity index (χ3v) is 5.24. The van der Waals surface area contributed by atoms with Gasteiger partial charge in [-0.3, -0.25) is 0 Å². The quantitative estimate of drug-likeness (QED) is 0.568. The highest BCUT2D eigenvalue weighted by Crippen LogP contribution is 2.33. The van der Waals surface area contributed by atoms with Crippen LogP contribution in [-0.4, -0.2) is 33.6 Å². The zero-order valence-corrected chi connectivity index (χ0v) is 16.1. The van der Waals surface area contributed by atoms with E-state index < -0.39 is 0 Å². The van der Waals surface area contributed by atoms with Crippen LogP contribution in [0.15, 0.2) is 30.6 Å². The number of H-pyrrole nitrogens is 1. The molecule has 27 heavy (non-hydrogen) atoms. The van der Waals surface area contributed by atoms with Gasteiger partial charge in [-0.1, -0.05) is 11.6 Å². The lowest BCUT2D eigenvalue weighted by molar-refractivity contribution is 0.339. The molecule has 142 valence electrons. The van der Waals surface area contributed by atoms with Gasteiger partial charge in [-0.05, 0) is 56.4 Å². The van der Waals surface area contributed by atoms with Crippen molar-refractivity contribution in [1.82, 2.24) is 15.0 Å². The fourth-order valence-corrected chi connectivity index (χ4v) is 3.88. The normalized spacial score (nSPS) is 20.0. The van der Waals surface area contributed by atoms with Crippen molar-refractivity contribution in [3.63, 3.8) is 0 Å². The lowest BCUT2D eigenvalue weighted by Gasteiger charge is -2.27. The summed E-state index contributed by atoms with van der Waals surface area (Å²) in [6, 6.07) is 6.62. The van der Waals surface area contributed by atoms with Crippen molar-refractivity contribution in [2.45, 2.75) is 44.7 Å². The fourth-order valence-electron chi connectivity index (χ4n) is 3.67. The summed E-state index contributed by atoms with van der Waals surface area (Å²) in [6.07, 6.45) is 7.87. The first kappa shape index (κ1) is 18.1. The molecule has 7 heteroatoms. The van der Waals surface area contributed by atoms with Gasteiger partial charge in [-0.25, -0.2) is 9.97 Å². The van der Waals surface area contributed by atoms with Crippen molar-refractivity contribution in [3.8, 4) is 16.9 Å². The largest absolute Gasteiger partial charge is 0.492 e. The molecule has 0 unspecified atom stereocenters. The summed E-state index contributed by atoms with van der Waals surface area (Å²) in [4.78, 5) is 12.1. The maximum absolute atomic E-state index is 6.32. The molecule has 4 N–H and O–H groups in total. The van der Waals surface area contributed by atoms with E-state index in [1.165, 1.54) is 0 Å². The lowest BCUT2D eigenvalue weighted by Crippen LogP contribution is -2.33. The van der Waals surface area contributed by atoms with E-state index in [9.17, 15) is 0 Å². The number of aromatic nitrogens is 3. The second-order valence-corrected chi connectivity index (χ2v) is 7.41. The molecule has 0 bridgehead atoms. The Morgan fingerprint density at radius 2 is 2.07 bits per heavy atom. The van der Waals surface area contributed by atoms with Gasteiger partial charge >= 0.3 is 0 Å². The van der Waals surface area contributed by atoms with Crippen molar-refractivity contribution >= 4 is 28.5 Å². The number of nitrogens with two attached hydrogens (primary N) is 1. The maximum atomic E-state index is 6.32. The average Bonchev–Trinajstić information content (AvgIpc) is 3.07. The van der Waals surface area contributed by atoms with Gasteiger partial charge < -0.3 is 20.8 Å². The molecule has 4 rings (SSSR count). The predicted molar refractivity (Wildman–Crippen MR) is 109 cm³/mol. The van der Waals surface area contributed by atoms with E-state index in [2.05, 4.69) is 20.3 Å². The molecular formula is C20H24ClN5O. The molecule has 1 aliphatic rings. The van der Waals surface area contributed by atoms with Crippen LogP contribution in [0, 0.1) is 0 Å². The lowest BCUT2D eigenvalue weighted by atomic mass is 9.92. The van der Waals surface area contributed by atoms with E-state index in [4.69, 9.17) is 22.1 Å². The predicted octanol–water partition coefficient (Wildman–Crippen LogP) is 4.36. The Kier molecular flexibility index (Phi) is 5.18. The SMILES string of the molecule is CCOc1cnc2[nH]cc(-c3cc(Cl)nc(N[C@H]4CC[C@H](N)CC4)c3)c2c1. The Balaban J connectivity index is 1.64. The van der Waals surface area contributed by atoms with Gasteiger partial charge in [0.2, 0.25) is 0 Å². The Morgan fingerprint density at radius 1 is 1.26 bits per heavy atom. The van der Waals surface area contributed by atoms with Crippen LogP contribution in [0.5, 0.6) is 5.75 Å². The standard InChI is InChI=1S/C20H24ClN5O/c1-2-27-15-9-16-17(11-24-20(16)23-10-15)12-7-18(21)26-19(8-12)25-14-5-3-13(22)4-6-14/h7-11,13-14H,2-6,22H2,1H3,(H,23,24)(H,25,26)/t13-,14-. The number of ether oxygens (including phenoxy) is 1. The minimum atomic E-state index is 0.323. The van der Waals surface area contributed by atoms with Crippen molar-refractivity contribution in [1.29, 1.82) is 0 Å². The molecule has 0 atom stereocenters. The molecule has 3 heterocycles. The first-order chi connectivity index (χ1) is 13.1. The van der Waals surface area contributed by atoms with E-state index in [0.29, 0.717) is 23.8 Å². The van der Waals surface area contributed by atoms with Crippen LogP contribution >= 0.6 is 11.6 Å². The van der Waals surface area contributed by atoms with Gasteiger partial charge in [0.1, 0.15) is 22.4 Å². The highest BCUT2D eigenvalue weighted by atomic mass is 35.5. The van der Waals surface area contributed by atoms with Gasteiger partial charge in [0, 0.05) is 29.2 Å². The Bertz CT molecular complexity index is 933. The molecule has 0 radical (unpaired) electrons. The number of halogens is 1. The highest BCUT2D eigenvalue weighted by Gasteiger charge is 2.19. The van der Waals surface area contributed by atoms with Crippen LogP contribution in [-0.2, 0) is 0 Å². The van der Waals surface area contributed by atoms with E-state index in [1.54, 1.807) is 6.20 Å². The van der Waals surface area contributed by atoms with Crippen LogP contribution in [0.2, 0.25) is 5.15 Å². The highest BCUT2D eigenvalue weighted by molar-refractivity contribution is 6.29. The van der Waals surface area contributed by atoms with Gasteiger partial charge in [-0.15, -0.1) is 0 Å². The van der Waals surface area contributed by atoms with Gasteiger partial charge in [-0.2, -0.15) is 0 Å². The van der Waals surface area contributed by atoms with Crippen LogP contribution in [0.3, 0.4) is 0 Å². The molecule has 1 fully saturated rings. The van der Waals surface area contributed by atoms with E-state index in [1.807, 2.05) is 31.3 Å². The molecule has 3 aromatic rings. The Hall–Kier alpha value is -2.31. The summed E-state index contributed by atoms with van der Waals surface area (Å²) in [5.74, 6) is 1.55. The zero-order valence-electron chi connectivity index (χ0n) is 15.3. The summed E-state index contributed by atoms with van der Waals surface area (Å²) in [5, 5.41) is 4.98. The van der Waals surface area contributed by atoms with Crippen molar-refractivity contribution in [2.75, 3.05) is 11.9 Å². The van der Waals surface area contributed by atoms with Crippen molar-refractivity contribution in [3.05, 3.63) is 35.7 Å². The number of hydrogen-bond donors (Lipinski definition) is 3. The molecule has 0 saturated heterocycles. The second kappa shape index (κ2) is 7.74. The Morgan fingerprint density at radius 3 is 2.85 bits per heavy atom. The minimum Gasteiger partial charge on any atom is -0.492 e. The number of anilines is 1. The monoisotopic (exact) mass is 385 g/mol. The molecular weight excluding hydrogens is 362 g/mol. The summed E-state index contributed by atoms with van der Waals surface area (Å²) >= 11 is 6.32. The van der Waals surface area contributed by atoms with Gasteiger partial charge in [0.25, 0.3) is 0 Å². The fraction of sp³-hybridized carbons (Fsp3) is 0.400. The molecule has 0 aromatic carbocycles. The summed E-state index contributed by atoms with van der Waals surface area (Å²) in [6.45, 7) is 2.56. The first-order valence-corrected chi connectivity index (χ1v) is 9.80. The number of nitrogens with zero attached hydrogens (tertiary/aromatic N) is 2. The van der Waals surface area contributed by atoms with Crippen molar-refractivity contribution < 1.29 is 4.74 Å². The third-order valence-electron chi connectivity index (χ3n) is 5.05. The average molecular weight is 386 g/mol. The zero-order chi connectivity index (χ0) is 18.8. The van der Waals surface area contributed by atoms with Crippen LogP contribution in [0.1, 0.15) is 32.6 Å². The molecule has 6 nitrogen and oxygen atoms in total. The van der Waals surface area contributed by atoms with E-state index >= 15 is 0 Å². The summed E-state index contributed by atoms with van der Waals surface area (Å²) in [7, 11) is 0. The van der Waals surface area contributed by atoms with Gasteiger partial charge in [0.15, 0.2) is 0 Å². The van der Waals surface area contributed by atoms with E-state index in [-0.39, 0.29) is 0 Å². The van der Waals surface area contributed by atoms with E-state index in [0.717, 1.165) is 59.4 Å². The first-order valence-electron chi connectivity index (χ1n) is 9.42. The number of rotatable bonds is 5. The molecule has 1 aliphatic carbocycles. The number of pyridine rings is 2. The Labute approximate surface area is 163 Å². The third kappa shape index (κ3) is 4.01. The van der Waals surface area contributed by atoms with Gasteiger partial charge in [0.05, 0.1) is 12.8 Å². The summed E-state index contributed by atoms with van der Waals surface area (Å²) < 4.78 is 5.59. The number of aromatic amines is 1. The number of hydrogen-bond acceptors (Lipinski definition) is 5. The molecule has 3 aromatic heterocycles. The second-order valence-electron chi connectivity index (χ2n) is 7.02.